The van der Waals surface area contributed by atoms with E-state index in [1.807, 2.05) is 0 Å². The number of aliphatic carboxylic acids is 3. The molecular weight excluding hydrogens is 199 g/mol. The van der Waals surface area contributed by atoms with Crippen molar-refractivity contribution in [1.29, 1.82) is 0 Å². The Labute approximate surface area is 72.3 Å². The van der Waals surface area contributed by atoms with Gasteiger partial charge in [-0.05, 0) is 6.92 Å². The van der Waals surface area contributed by atoms with Crippen molar-refractivity contribution in [3.05, 3.63) is 0 Å². The molecule has 0 radical (unpaired) electrons. The zero-order valence-electron chi connectivity index (χ0n) is 5.33. The van der Waals surface area contributed by atoms with Crippen LogP contribution in [-0.2, 0) is 31.5 Å². The third-order valence-corrected chi connectivity index (χ3v) is 0.167. The molecule has 0 fully saturated rings. The zero-order chi connectivity index (χ0) is 8.73. The molecule has 0 rings (SSSR count). The molecule has 0 bridgehead atoms. The van der Waals surface area contributed by atoms with Crippen molar-refractivity contribution in [2.45, 2.75) is 6.92 Å². The van der Waals surface area contributed by atoms with Crippen LogP contribution in [0.5, 0.6) is 0 Å². The fraction of sp³-hybridized carbons (Fsp3) is 0.250. The molecule has 0 aromatic carbocycles. The molecule has 0 spiro atoms. The number of carbonyl (C=O) groups excluding carboxylic acids is 3. The fourth-order valence-electron chi connectivity index (χ4n) is 0. The minimum atomic E-state index is -2.19. The topological polar surface area (TPSA) is 120 Å². The van der Waals surface area contributed by atoms with Gasteiger partial charge >= 0.3 is 17.1 Å². The van der Waals surface area contributed by atoms with Gasteiger partial charge in [-0.3, -0.25) is 0 Å². The van der Waals surface area contributed by atoms with Gasteiger partial charge in [0, 0.05) is 5.97 Å². The van der Waals surface area contributed by atoms with Gasteiger partial charge in [0.15, 0.2) is 0 Å². The maximum atomic E-state index is 8.93. The Kier molecular flexibility index (Phi) is 13.4. The minimum Gasteiger partial charge on any atom is -0.550 e. The summed E-state index contributed by atoms with van der Waals surface area (Å²) in [6.45, 7) is 0.972. The number of rotatable bonds is 0. The van der Waals surface area contributed by atoms with E-state index in [4.69, 9.17) is 29.7 Å². The first-order valence-electron chi connectivity index (χ1n) is 1.97. The Balaban J connectivity index is -0.000000114. The average molecular weight is 202 g/mol. The third-order valence-electron chi connectivity index (χ3n) is 0.167. The van der Waals surface area contributed by atoms with E-state index in [0.717, 1.165) is 6.92 Å². The summed E-state index contributed by atoms with van der Waals surface area (Å²) in [5, 5.41) is 26.7. The van der Waals surface area contributed by atoms with Crippen LogP contribution in [-0.4, -0.2) is 17.9 Å². The maximum absolute atomic E-state index is 8.93. The van der Waals surface area contributed by atoms with E-state index in [9.17, 15) is 0 Å². The average Bonchev–Trinajstić information content (AvgIpc) is 1.63. The van der Waals surface area contributed by atoms with Gasteiger partial charge < -0.3 is 29.7 Å². The molecule has 0 unspecified atom stereocenters. The first kappa shape index (κ1) is 16.5. The number of hydrogen-bond donors (Lipinski definition) is 0. The van der Waals surface area contributed by atoms with Crippen LogP contribution in [0, 0.1) is 0 Å². The summed E-state index contributed by atoms with van der Waals surface area (Å²) in [5.74, 6) is -5.45. The smallest absolute Gasteiger partial charge is 0.550 e. The predicted molar refractivity (Wildman–Crippen MR) is 20.7 cm³/mol. The largest absolute Gasteiger partial charge is 3.00 e. The maximum Gasteiger partial charge on any atom is 3.00 e. The van der Waals surface area contributed by atoms with E-state index in [1.54, 1.807) is 0 Å². The van der Waals surface area contributed by atoms with Crippen LogP contribution < -0.4 is 15.3 Å². The van der Waals surface area contributed by atoms with Gasteiger partial charge in [0.05, 0.1) is 11.9 Å². The molecule has 62 valence electrons. The molecule has 0 saturated heterocycles. The Morgan fingerprint density at radius 1 is 0.909 bits per heavy atom. The van der Waals surface area contributed by atoms with Crippen molar-refractivity contribution in [1.82, 2.24) is 0 Å². The fourth-order valence-corrected chi connectivity index (χ4v) is 0. The van der Waals surface area contributed by atoms with Crippen molar-refractivity contribution >= 4 is 17.9 Å². The first-order chi connectivity index (χ1) is 4.37. The minimum absolute atomic E-state index is 0. The summed E-state index contributed by atoms with van der Waals surface area (Å²) in [5.41, 5.74) is 0. The molecule has 0 aliphatic heterocycles. The van der Waals surface area contributed by atoms with Gasteiger partial charge in [-0.15, -0.1) is 0 Å². The summed E-state index contributed by atoms with van der Waals surface area (Å²) >= 11 is 0. The van der Waals surface area contributed by atoms with Gasteiger partial charge in [-0.25, -0.2) is 0 Å². The Bertz CT molecular complexity index is 137. The van der Waals surface area contributed by atoms with Gasteiger partial charge in [-0.2, -0.15) is 0 Å². The molecule has 0 N–H and O–H groups in total. The Hall–Kier alpha value is -1.07. The van der Waals surface area contributed by atoms with Gasteiger partial charge in [-0.1, -0.05) is 0 Å². The molecule has 0 saturated carbocycles. The van der Waals surface area contributed by atoms with Crippen LogP contribution in [0.3, 0.4) is 0 Å². The third kappa shape index (κ3) is 50.0. The molecule has 0 aromatic heterocycles. The van der Waals surface area contributed by atoms with Gasteiger partial charge in [0.1, 0.15) is 0 Å². The molecule has 6 nitrogen and oxygen atoms in total. The number of carboxylic acids is 3. The molecule has 0 heterocycles. The van der Waals surface area contributed by atoms with Gasteiger partial charge in [0.2, 0.25) is 0 Å². The van der Waals surface area contributed by atoms with E-state index in [-0.39, 0.29) is 17.1 Å². The SMILES string of the molecule is CC(=O)[O-].O=C([O-])C(=O)[O-].[Mn+3]. The summed E-state index contributed by atoms with van der Waals surface area (Å²) in [6, 6.07) is 0. The molecule has 11 heavy (non-hydrogen) atoms. The number of carboxylic acid groups (broad SMARTS) is 3. The predicted octanol–water partition coefficient (Wildman–Crippen LogP) is -4.76. The molecular formula is C4H3MnO6. The van der Waals surface area contributed by atoms with E-state index >= 15 is 0 Å². The number of carbonyl (C=O) groups is 3. The van der Waals surface area contributed by atoms with E-state index in [0.29, 0.717) is 0 Å². The van der Waals surface area contributed by atoms with Crippen molar-refractivity contribution in [2.75, 3.05) is 0 Å². The van der Waals surface area contributed by atoms with Crippen LogP contribution >= 0.6 is 0 Å². The Morgan fingerprint density at radius 3 is 1.00 bits per heavy atom. The summed E-state index contributed by atoms with van der Waals surface area (Å²) in [4.78, 5) is 26.7. The number of hydrogen-bond acceptors (Lipinski definition) is 6. The zero-order valence-corrected chi connectivity index (χ0v) is 6.51. The van der Waals surface area contributed by atoms with Crippen molar-refractivity contribution in [2.24, 2.45) is 0 Å². The van der Waals surface area contributed by atoms with Gasteiger partial charge in [0.25, 0.3) is 0 Å². The summed E-state index contributed by atoms with van der Waals surface area (Å²) in [6.07, 6.45) is 0. The van der Waals surface area contributed by atoms with Crippen LogP contribution in [0.1, 0.15) is 6.92 Å². The van der Waals surface area contributed by atoms with Crippen LogP contribution in [0.2, 0.25) is 0 Å². The molecule has 0 atom stereocenters. The van der Waals surface area contributed by atoms with Crippen LogP contribution in [0.15, 0.2) is 0 Å². The van der Waals surface area contributed by atoms with E-state index in [2.05, 4.69) is 0 Å². The second kappa shape index (κ2) is 8.93. The van der Waals surface area contributed by atoms with Crippen LogP contribution in [0.25, 0.3) is 0 Å². The monoisotopic (exact) mass is 202 g/mol. The second-order valence-electron chi connectivity index (χ2n) is 1.07. The van der Waals surface area contributed by atoms with E-state index in [1.165, 1.54) is 0 Å². The standard InChI is InChI=1S/C2H2O4.C2H4O2.Mn/c3-1(4)2(5)6;1-2(3)4;/h(H,3,4)(H,5,6);1H3,(H,3,4);/q;;+3/p-3. The van der Waals surface area contributed by atoms with E-state index < -0.39 is 17.9 Å². The van der Waals surface area contributed by atoms with Crippen molar-refractivity contribution in [3.8, 4) is 0 Å². The molecule has 7 heteroatoms. The quantitative estimate of drug-likeness (QED) is 0.287. The van der Waals surface area contributed by atoms with Crippen molar-refractivity contribution < 1.29 is 46.8 Å². The molecule has 0 amide bonds. The van der Waals surface area contributed by atoms with Crippen LogP contribution in [0.4, 0.5) is 0 Å². The molecule has 0 aromatic rings. The Morgan fingerprint density at radius 2 is 1.00 bits per heavy atom. The molecule has 0 aliphatic rings. The normalized spacial score (nSPS) is 6.27. The first-order valence-corrected chi connectivity index (χ1v) is 1.97. The molecule has 0 aliphatic carbocycles. The second-order valence-corrected chi connectivity index (χ2v) is 1.07. The summed E-state index contributed by atoms with van der Waals surface area (Å²) in [7, 11) is 0. The summed E-state index contributed by atoms with van der Waals surface area (Å²) < 4.78 is 0. The van der Waals surface area contributed by atoms with Crippen molar-refractivity contribution in [3.63, 3.8) is 0 Å².